The number of hydrogen-bond acceptors (Lipinski definition) is 5. The Bertz CT molecular complexity index is 1460. The summed E-state index contributed by atoms with van der Waals surface area (Å²) in [7, 11) is 0. The van der Waals surface area contributed by atoms with Crippen LogP contribution in [0.3, 0.4) is 0 Å². The van der Waals surface area contributed by atoms with Gasteiger partial charge in [-0.15, -0.1) is 10.2 Å². The molecule has 168 valence electrons. The summed E-state index contributed by atoms with van der Waals surface area (Å²) in [5.41, 5.74) is 4.24. The number of amides is 1. The first-order valence-corrected chi connectivity index (χ1v) is 11.1. The van der Waals surface area contributed by atoms with Crippen molar-refractivity contribution in [3.63, 3.8) is 0 Å². The summed E-state index contributed by atoms with van der Waals surface area (Å²) in [5.74, 6) is 0.566. The highest BCUT2D eigenvalue weighted by Crippen LogP contribution is 2.29. The van der Waals surface area contributed by atoms with E-state index in [9.17, 15) is 4.79 Å². The fourth-order valence-electron chi connectivity index (χ4n) is 3.40. The summed E-state index contributed by atoms with van der Waals surface area (Å²) < 4.78 is 7.35. The lowest BCUT2D eigenvalue weighted by Crippen LogP contribution is -2.11. The molecule has 0 radical (unpaired) electrons. The Morgan fingerprint density at radius 2 is 1.53 bits per heavy atom. The van der Waals surface area contributed by atoms with E-state index < -0.39 is 0 Å². The summed E-state index contributed by atoms with van der Waals surface area (Å²) in [6.07, 6.45) is 0. The topological polar surface area (TPSA) is 85.8 Å². The Hall–Kier alpha value is -3.94. The smallest absolute Gasteiger partial charge is 0.268 e. The number of carbonyl (C=O) groups excluding carboxylic acids is 1. The molecule has 0 bridgehead atoms. The van der Waals surface area contributed by atoms with Crippen LogP contribution in [0.2, 0.25) is 10.0 Å². The van der Waals surface area contributed by atoms with Crippen LogP contribution in [-0.2, 0) is 0 Å². The zero-order valence-electron chi connectivity index (χ0n) is 17.9. The van der Waals surface area contributed by atoms with Gasteiger partial charge in [0, 0.05) is 33.8 Å². The fourth-order valence-corrected chi connectivity index (χ4v) is 3.65. The zero-order valence-corrected chi connectivity index (χ0v) is 19.4. The summed E-state index contributed by atoms with van der Waals surface area (Å²) in [6, 6.07) is 23.4. The van der Waals surface area contributed by atoms with E-state index in [0.29, 0.717) is 38.8 Å². The molecular weight excluding hydrogens is 473 g/mol. The molecule has 2 aromatic heterocycles. The van der Waals surface area contributed by atoms with Gasteiger partial charge in [-0.25, -0.2) is 4.68 Å². The molecule has 0 aliphatic rings. The maximum atomic E-state index is 12.5. The molecule has 0 unspecified atom stereocenters. The molecule has 1 amide bonds. The lowest BCUT2D eigenvalue weighted by molar-refractivity contribution is 0.102. The number of hydrogen-bond donors (Lipinski definition) is 1. The number of carbonyl (C=O) groups is 1. The third-order valence-corrected chi connectivity index (χ3v) is 5.57. The van der Waals surface area contributed by atoms with Gasteiger partial charge in [-0.1, -0.05) is 35.3 Å². The van der Waals surface area contributed by atoms with Crippen molar-refractivity contribution in [2.24, 2.45) is 0 Å². The molecule has 0 aliphatic carbocycles. The van der Waals surface area contributed by atoms with Gasteiger partial charge in [0.15, 0.2) is 5.69 Å². The van der Waals surface area contributed by atoms with E-state index in [0.717, 1.165) is 16.9 Å². The van der Waals surface area contributed by atoms with Gasteiger partial charge in [-0.05, 0) is 66.7 Å². The molecule has 7 nitrogen and oxygen atoms in total. The van der Waals surface area contributed by atoms with E-state index in [1.807, 2.05) is 54.6 Å². The predicted molar refractivity (Wildman–Crippen MR) is 131 cm³/mol. The van der Waals surface area contributed by atoms with Crippen LogP contribution in [0.25, 0.3) is 28.5 Å². The van der Waals surface area contributed by atoms with E-state index in [1.54, 1.807) is 35.9 Å². The van der Waals surface area contributed by atoms with Crippen molar-refractivity contribution in [3.8, 4) is 28.5 Å². The largest absolute Gasteiger partial charge is 0.420 e. The monoisotopic (exact) mass is 489 g/mol. The van der Waals surface area contributed by atoms with Gasteiger partial charge in [-0.3, -0.25) is 4.79 Å². The van der Waals surface area contributed by atoms with E-state index in [2.05, 4.69) is 15.5 Å². The molecule has 0 spiro atoms. The second kappa shape index (κ2) is 9.13. The number of anilines is 1. The summed E-state index contributed by atoms with van der Waals surface area (Å²) in [4.78, 5) is 12.5. The van der Waals surface area contributed by atoms with Crippen LogP contribution in [0.15, 0.2) is 83.3 Å². The second-order valence-electron chi connectivity index (χ2n) is 7.47. The zero-order chi connectivity index (χ0) is 23.7. The first-order valence-electron chi connectivity index (χ1n) is 10.3. The minimum absolute atomic E-state index is 0.223. The van der Waals surface area contributed by atoms with Crippen molar-refractivity contribution in [2.75, 3.05) is 5.32 Å². The average Bonchev–Trinajstić information content (AvgIpc) is 3.47. The number of aryl methyl sites for hydroxylation is 1. The van der Waals surface area contributed by atoms with Gasteiger partial charge >= 0.3 is 0 Å². The highest BCUT2D eigenvalue weighted by atomic mass is 35.5. The van der Waals surface area contributed by atoms with Crippen LogP contribution < -0.4 is 5.32 Å². The first kappa shape index (κ1) is 21.9. The van der Waals surface area contributed by atoms with Crippen molar-refractivity contribution < 1.29 is 9.21 Å². The standard InChI is InChI=1S/C25H17Cl2N5O2/c1-15-29-30-25(34-15)22-14-23(16-2-6-18(26)7-3-16)32(31-22)21-12-10-20(11-13-21)28-24(33)17-4-8-19(27)9-5-17/h2-14H,1H3,(H,28,33). The molecule has 2 heterocycles. The summed E-state index contributed by atoms with van der Waals surface area (Å²) in [5, 5.41) is 16.8. The molecule has 34 heavy (non-hydrogen) atoms. The van der Waals surface area contributed by atoms with Gasteiger partial charge in [0.05, 0.1) is 11.4 Å². The van der Waals surface area contributed by atoms with Gasteiger partial charge in [0.2, 0.25) is 5.89 Å². The molecule has 0 fully saturated rings. The molecule has 3 aromatic carbocycles. The summed E-state index contributed by atoms with van der Waals surface area (Å²) in [6.45, 7) is 1.73. The van der Waals surface area contributed by atoms with Crippen LogP contribution >= 0.6 is 23.2 Å². The average molecular weight is 490 g/mol. The van der Waals surface area contributed by atoms with E-state index in [-0.39, 0.29) is 5.91 Å². The maximum absolute atomic E-state index is 12.5. The predicted octanol–water partition coefficient (Wildman–Crippen LogP) is 6.46. The molecule has 0 aliphatic heterocycles. The Labute approximate surface area is 205 Å². The number of aromatic nitrogens is 4. The molecule has 1 N–H and O–H groups in total. The lowest BCUT2D eigenvalue weighted by Gasteiger charge is -2.10. The van der Waals surface area contributed by atoms with E-state index in [4.69, 9.17) is 32.7 Å². The number of nitrogens with one attached hydrogen (secondary N) is 1. The van der Waals surface area contributed by atoms with Gasteiger partial charge in [-0.2, -0.15) is 5.10 Å². The van der Waals surface area contributed by atoms with Gasteiger partial charge < -0.3 is 9.73 Å². The second-order valence-corrected chi connectivity index (χ2v) is 8.34. The third-order valence-electron chi connectivity index (χ3n) is 5.07. The Morgan fingerprint density at radius 3 is 2.15 bits per heavy atom. The highest BCUT2D eigenvalue weighted by molar-refractivity contribution is 6.31. The Balaban J connectivity index is 1.47. The van der Waals surface area contributed by atoms with Crippen LogP contribution in [0, 0.1) is 6.92 Å². The minimum Gasteiger partial charge on any atom is -0.420 e. The minimum atomic E-state index is -0.223. The molecule has 9 heteroatoms. The first-order chi connectivity index (χ1) is 16.5. The lowest BCUT2D eigenvalue weighted by atomic mass is 10.1. The maximum Gasteiger partial charge on any atom is 0.268 e. The van der Waals surface area contributed by atoms with Crippen molar-refractivity contribution in [1.82, 2.24) is 20.0 Å². The van der Waals surface area contributed by atoms with Crippen molar-refractivity contribution >= 4 is 34.8 Å². The number of benzene rings is 3. The molecule has 0 saturated carbocycles. The Kier molecular flexibility index (Phi) is 5.88. The van der Waals surface area contributed by atoms with E-state index in [1.165, 1.54) is 0 Å². The van der Waals surface area contributed by atoms with E-state index >= 15 is 0 Å². The van der Waals surface area contributed by atoms with Crippen LogP contribution in [0.4, 0.5) is 5.69 Å². The van der Waals surface area contributed by atoms with Crippen molar-refractivity contribution in [2.45, 2.75) is 6.92 Å². The summed E-state index contributed by atoms with van der Waals surface area (Å²) >= 11 is 12.0. The van der Waals surface area contributed by atoms with Crippen LogP contribution in [-0.4, -0.2) is 25.9 Å². The molecule has 0 saturated heterocycles. The quantitative estimate of drug-likeness (QED) is 0.306. The molecule has 5 rings (SSSR count). The Morgan fingerprint density at radius 1 is 0.882 bits per heavy atom. The number of rotatable bonds is 5. The molecule has 5 aromatic rings. The third kappa shape index (κ3) is 4.57. The van der Waals surface area contributed by atoms with Crippen LogP contribution in [0.5, 0.6) is 0 Å². The van der Waals surface area contributed by atoms with Gasteiger partial charge in [0.1, 0.15) is 0 Å². The fraction of sp³-hybridized carbons (Fsp3) is 0.0400. The van der Waals surface area contributed by atoms with Crippen molar-refractivity contribution in [1.29, 1.82) is 0 Å². The van der Waals surface area contributed by atoms with Crippen LogP contribution in [0.1, 0.15) is 16.2 Å². The highest BCUT2D eigenvalue weighted by Gasteiger charge is 2.17. The van der Waals surface area contributed by atoms with Gasteiger partial charge in [0.25, 0.3) is 11.8 Å². The number of halogens is 2. The number of nitrogens with zero attached hydrogens (tertiary/aromatic N) is 4. The van der Waals surface area contributed by atoms with Crippen molar-refractivity contribution in [3.05, 3.63) is 100 Å². The molecule has 0 atom stereocenters. The molecular formula is C25H17Cl2N5O2. The normalized spacial score (nSPS) is 10.9. The SMILES string of the molecule is Cc1nnc(-c2cc(-c3ccc(Cl)cc3)n(-c3ccc(NC(=O)c4ccc(Cl)cc4)cc3)n2)o1.